The number of hydrogen-bond acceptors (Lipinski definition) is 3. The van der Waals surface area contributed by atoms with Gasteiger partial charge in [-0.05, 0) is 12.3 Å². The van der Waals surface area contributed by atoms with Crippen molar-refractivity contribution in [3.05, 3.63) is 18.2 Å². The Bertz CT molecular complexity index is 389. The van der Waals surface area contributed by atoms with Crippen molar-refractivity contribution in [3.8, 4) is 0 Å². The third-order valence-electron chi connectivity index (χ3n) is 3.30. The lowest BCUT2D eigenvalue weighted by molar-refractivity contribution is -0.134. The van der Waals surface area contributed by atoms with Crippen LogP contribution in [0.25, 0.3) is 0 Å². The second-order valence-corrected chi connectivity index (χ2v) is 4.59. The fourth-order valence-electron chi connectivity index (χ4n) is 2.29. The fraction of sp³-hybridized carbons (Fsp3) is 0.667. The lowest BCUT2D eigenvalue weighted by Gasteiger charge is -2.15. The zero-order chi connectivity index (χ0) is 12.3. The predicted molar refractivity (Wildman–Crippen MR) is 63.5 cm³/mol. The maximum atomic E-state index is 11.6. The number of likely N-dealkylation sites (tertiary alicyclic amines) is 1. The number of methoxy groups -OCH3 is 1. The molecule has 1 aliphatic heterocycles. The summed E-state index contributed by atoms with van der Waals surface area (Å²) in [6.07, 6.45) is 5.78. The minimum atomic E-state index is 0.0924. The molecule has 1 saturated heterocycles. The molecule has 0 N–H and O–H groups in total. The molecule has 17 heavy (non-hydrogen) atoms. The van der Waals surface area contributed by atoms with Crippen LogP contribution in [0.5, 0.6) is 0 Å². The number of carbonyl (C=O) groups is 1. The zero-order valence-electron chi connectivity index (χ0n) is 10.4. The lowest BCUT2D eigenvalue weighted by atomic mass is 10.0. The summed E-state index contributed by atoms with van der Waals surface area (Å²) in [7, 11) is 3.56. The summed E-state index contributed by atoms with van der Waals surface area (Å²) in [4.78, 5) is 17.8. The van der Waals surface area contributed by atoms with E-state index in [1.54, 1.807) is 7.11 Å². The Morgan fingerprint density at radius 1 is 1.65 bits per heavy atom. The molecule has 0 radical (unpaired) electrons. The van der Waals surface area contributed by atoms with E-state index in [-0.39, 0.29) is 12.5 Å². The molecule has 2 heterocycles. The molecule has 1 aliphatic rings. The molecule has 1 fully saturated rings. The molecule has 2 rings (SSSR count). The average molecular weight is 237 g/mol. The number of ether oxygens (including phenoxy) is 1. The van der Waals surface area contributed by atoms with Gasteiger partial charge in [-0.15, -0.1) is 0 Å². The van der Waals surface area contributed by atoms with Crippen LogP contribution in [0.4, 0.5) is 0 Å². The maximum Gasteiger partial charge on any atom is 0.248 e. The summed E-state index contributed by atoms with van der Waals surface area (Å²) < 4.78 is 6.91. The SMILES string of the molecule is COCC(=O)N1CCC(Cc2nccn2C)C1. The number of carbonyl (C=O) groups excluding carboxylic acids is 1. The number of aryl methyl sites for hydroxylation is 1. The molecule has 94 valence electrons. The number of nitrogens with zero attached hydrogens (tertiary/aromatic N) is 3. The first kappa shape index (κ1) is 12.1. The second-order valence-electron chi connectivity index (χ2n) is 4.59. The molecule has 0 saturated carbocycles. The molecule has 1 unspecified atom stereocenters. The van der Waals surface area contributed by atoms with E-state index in [2.05, 4.69) is 4.98 Å². The van der Waals surface area contributed by atoms with Gasteiger partial charge < -0.3 is 14.2 Å². The van der Waals surface area contributed by atoms with E-state index >= 15 is 0 Å². The van der Waals surface area contributed by atoms with Crippen LogP contribution < -0.4 is 0 Å². The quantitative estimate of drug-likeness (QED) is 0.764. The largest absolute Gasteiger partial charge is 0.375 e. The van der Waals surface area contributed by atoms with Gasteiger partial charge in [-0.2, -0.15) is 0 Å². The number of aromatic nitrogens is 2. The van der Waals surface area contributed by atoms with Crippen molar-refractivity contribution in [1.82, 2.24) is 14.5 Å². The summed E-state index contributed by atoms with van der Waals surface area (Å²) in [5.41, 5.74) is 0. The molecule has 0 spiro atoms. The molecule has 0 aromatic carbocycles. The van der Waals surface area contributed by atoms with E-state index in [0.29, 0.717) is 5.92 Å². The van der Waals surface area contributed by atoms with Crippen LogP contribution in [-0.4, -0.2) is 47.2 Å². The minimum Gasteiger partial charge on any atom is -0.375 e. The van der Waals surface area contributed by atoms with Crippen molar-refractivity contribution in [3.63, 3.8) is 0 Å². The first-order valence-electron chi connectivity index (χ1n) is 5.93. The van der Waals surface area contributed by atoms with Gasteiger partial charge in [0.15, 0.2) is 0 Å². The summed E-state index contributed by atoms with van der Waals surface area (Å²) in [6, 6.07) is 0. The van der Waals surface area contributed by atoms with Crippen LogP contribution >= 0.6 is 0 Å². The Hall–Kier alpha value is -1.36. The summed E-state index contributed by atoms with van der Waals surface area (Å²) in [5.74, 6) is 1.71. The number of rotatable bonds is 4. The van der Waals surface area contributed by atoms with Crippen LogP contribution in [0.2, 0.25) is 0 Å². The molecule has 1 aromatic rings. The monoisotopic (exact) mass is 237 g/mol. The van der Waals surface area contributed by atoms with Gasteiger partial charge in [0.1, 0.15) is 12.4 Å². The van der Waals surface area contributed by atoms with Gasteiger partial charge in [0, 0.05) is 46.1 Å². The summed E-state index contributed by atoms with van der Waals surface area (Å²) >= 11 is 0. The molecular weight excluding hydrogens is 218 g/mol. The molecule has 5 heteroatoms. The number of amides is 1. The Balaban J connectivity index is 1.86. The summed E-state index contributed by atoms with van der Waals surface area (Å²) in [5, 5.41) is 0. The van der Waals surface area contributed by atoms with Gasteiger partial charge in [-0.1, -0.05) is 0 Å². The Morgan fingerprint density at radius 3 is 3.12 bits per heavy atom. The predicted octanol–water partition coefficient (Wildman–Crippen LogP) is 0.457. The smallest absolute Gasteiger partial charge is 0.248 e. The molecule has 0 aliphatic carbocycles. The maximum absolute atomic E-state index is 11.6. The molecule has 1 amide bonds. The highest BCUT2D eigenvalue weighted by Gasteiger charge is 2.26. The van der Waals surface area contributed by atoms with Gasteiger partial charge in [0.05, 0.1) is 0 Å². The van der Waals surface area contributed by atoms with E-state index in [4.69, 9.17) is 4.74 Å². The zero-order valence-corrected chi connectivity index (χ0v) is 10.4. The average Bonchev–Trinajstić information content (AvgIpc) is 2.90. The number of hydrogen-bond donors (Lipinski definition) is 0. The Labute approximate surface area is 101 Å². The van der Waals surface area contributed by atoms with Crippen LogP contribution in [-0.2, 0) is 23.0 Å². The lowest BCUT2D eigenvalue weighted by Crippen LogP contribution is -2.31. The third kappa shape index (κ3) is 2.85. The van der Waals surface area contributed by atoms with Gasteiger partial charge in [0.25, 0.3) is 0 Å². The first-order chi connectivity index (χ1) is 8.20. The van der Waals surface area contributed by atoms with E-state index < -0.39 is 0 Å². The molecule has 1 atom stereocenters. The van der Waals surface area contributed by atoms with Crippen molar-refractivity contribution in [2.24, 2.45) is 13.0 Å². The standard InChI is InChI=1S/C12H19N3O2/c1-14-6-4-13-11(14)7-10-3-5-15(8-10)12(16)9-17-2/h4,6,10H,3,5,7-9H2,1-2H3. The van der Waals surface area contributed by atoms with Gasteiger partial charge in [-0.25, -0.2) is 4.98 Å². The molecule has 0 bridgehead atoms. The van der Waals surface area contributed by atoms with E-state index in [1.165, 1.54) is 0 Å². The minimum absolute atomic E-state index is 0.0924. The molecular formula is C12H19N3O2. The summed E-state index contributed by atoms with van der Waals surface area (Å²) in [6.45, 7) is 1.86. The highest BCUT2D eigenvalue weighted by atomic mass is 16.5. The molecule has 1 aromatic heterocycles. The van der Waals surface area contributed by atoms with E-state index in [1.807, 2.05) is 28.9 Å². The van der Waals surface area contributed by atoms with Gasteiger partial charge in [0.2, 0.25) is 5.91 Å². The van der Waals surface area contributed by atoms with Crippen LogP contribution in [0.1, 0.15) is 12.2 Å². The Kier molecular flexibility index (Phi) is 3.78. The van der Waals surface area contributed by atoms with Crippen molar-refractivity contribution in [2.75, 3.05) is 26.8 Å². The van der Waals surface area contributed by atoms with Crippen molar-refractivity contribution < 1.29 is 9.53 Å². The fourth-order valence-corrected chi connectivity index (χ4v) is 2.29. The van der Waals surface area contributed by atoms with E-state index in [0.717, 1.165) is 31.8 Å². The van der Waals surface area contributed by atoms with Crippen LogP contribution in [0.15, 0.2) is 12.4 Å². The van der Waals surface area contributed by atoms with Crippen molar-refractivity contribution in [1.29, 1.82) is 0 Å². The highest BCUT2D eigenvalue weighted by Crippen LogP contribution is 2.20. The number of imidazole rings is 1. The Morgan fingerprint density at radius 2 is 2.47 bits per heavy atom. The van der Waals surface area contributed by atoms with Crippen LogP contribution in [0, 0.1) is 5.92 Å². The van der Waals surface area contributed by atoms with Gasteiger partial charge >= 0.3 is 0 Å². The van der Waals surface area contributed by atoms with Crippen molar-refractivity contribution >= 4 is 5.91 Å². The van der Waals surface area contributed by atoms with E-state index in [9.17, 15) is 4.79 Å². The van der Waals surface area contributed by atoms with Crippen LogP contribution in [0.3, 0.4) is 0 Å². The topological polar surface area (TPSA) is 47.4 Å². The normalized spacial score (nSPS) is 19.9. The third-order valence-corrected chi connectivity index (χ3v) is 3.30. The van der Waals surface area contributed by atoms with Gasteiger partial charge in [-0.3, -0.25) is 4.79 Å². The molecule has 5 nitrogen and oxygen atoms in total. The highest BCUT2D eigenvalue weighted by molar-refractivity contribution is 5.77. The van der Waals surface area contributed by atoms with Crippen molar-refractivity contribution in [2.45, 2.75) is 12.8 Å². The first-order valence-corrected chi connectivity index (χ1v) is 5.93. The second kappa shape index (κ2) is 5.31.